The number of amides is 2. The zero-order valence-corrected chi connectivity index (χ0v) is 12.2. The van der Waals surface area contributed by atoms with Gasteiger partial charge in [0.2, 0.25) is 0 Å². The summed E-state index contributed by atoms with van der Waals surface area (Å²) < 4.78 is 1.90. The van der Waals surface area contributed by atoms with Gasteiger partial charge in [0.15, 0.2) is 5.65 Å². The molecule has 2 amide bonds. The van der Waals surface area contributed by atoms with Gasteiger partial charge in [-0.1, -0.05) is 12.1 Å². The standard InChI is InChI=1S/C16H13N5O2/c22-15-11-4-1-2-5-12(11)16(23)21(15)7-3-6-20-10-19-13-8-17-9-18-14(13)20/h1-2,4-5,8-10H,3,6-7H2. The highest BCUT2D eigenvalue weighted by Crippen LogP contribution is 2.22. The number of rotatable bonds is 4. The van der Waals surface area contributed by atoms with Gasteiger partial charge in [0.05, 0.1) is 23.7 Å². The highest BCUT2D eigenvalue weighted by Gasteiger charge is 2.34. The van der Waals surface area contributed by atoms with Gasteiger partial charge >= 0.3 is 0 Å². The van der Waals surface area contributed by atoms with Crippen LogP contribution in [0.4, 0.5) is 0 Å². The third-order valence-electron chi connectivity index (χ3n) is 3.94. The van der Waals surface area contributed by atoms with Crippen molar-refractivity contribution in [2.45, 2.75) is 13.0 Å². The molecule has 3 heterocycles. The summed E-state index contributed by atoms with van der Waals surface area (Å²) in [5.41, 5.74) is 2.45. The van der Waals surface area contributed by atoms with Crippen LogP contribution in [0.25, 0.3) is 11.2 Å². The number of hydrogen-bond acceptors (Lipinski definition) is 5. The van der Waals surface area contributed by atoms with Gasteiger partial charge in [-0.15, -0.1) is 0 Å². The quantitative estimate of drug-likeness (QED) is 0.683. The van der Waals surface area contributed by atoms with E-state index >= 15 is 0 Å². The molecule has 0 fully saturated rings. The number of carbonyl (C=O) groups excluding carboxylic acids is 2. The van der Waals surface area contributed by atoms with E-state index < -0.39 is 0 Å². The van der Waals surface area contributed by atoms with E-state index in [2.05, 4.69) is 15.0 Å². The summed E-state index contributed by atoms with van der Waals surface area (Å²) in [6, 6.07) is 6.92. The molecule has 0 spiro atoms. The van der Waals surface area contributed by atoms with Gasteiger partial charge in [-0.2, -0.15) is 0 Å². The molecule has 1 aliphatic heterocycles. The lowest BCUT2D eigenvalue weighted by atomic mass is 10.1. The lowest BCUT2D eigenvalue weighted by Crippen LogP contribution is -2.31. The van der Waals surface area contributed by atoms with Gasteiger partial charge in [0, 0.05) is 13.1 Å². The van der Waals surface area contributed by atoms with Gasteiger partial charge in [-0.25, -0.2) is 15.0 Å². The Morgan fingerprint density at radius 1 is 0.957 bits per heavy atom. The highest BCUT2D eigenvalue weighted by molar-refractivity contribution is 6.21. The number of nitrogens with zero attached hydrogens (tertiary/aromatic N) is 5. The molecule has 0 saturated heterocycles. The molecule has 0 unspecified atom stereocenters. The predicted molar refractivity (Wildman–Crippen MR) is 81.7 cm³/mol. The van der Waals surface area contributed by atoms with Crippen LogP contribution in [0, 0.1) is 0 Å². The van der Waals surface area contributed by atoms with Gasteiger partial charge in [-0.05, 0) is 18.6 Å². The summed E-state index contributed by atoms with van der Waals surface area (Å²) in [5, 5.41) is 0. The van der Waals surface area contributed by atoms with Crippen molar-refractivity contribution in [1.29, 1.82) is 0 Å². The molecule has 0 radical (unpaired) electrons. The van der Waals surface area contributed by atoms with Crippen LogP contribution in [-0.2, 0) is 6.54 Å². The molecule has 7 nitrogen and oxygen atoms in total. The third kappa shape index (κ3) is 2.17. The largest absolute Gasteiger partial charge is 0.315 e. The molecule has 2 aromatic heterocycles. The van der Waals surface area contributed by atoms with E-state index in [1.165, 1.54) is 11.2 Å². The third-order valence-corrected chi connectivity index (χ3v) is 3.94. The molecule has 0 bridgehead atoms. The number of fused-ring (bicyclic) bond motifs is 2. The number of carbonyl (C=O) groups is 2. The first kappa shape index (κ1) is 13.6. The average Bonchev–Trinajstić information content (AvgIpc) is 3.10. The van der Waals surface area contributed by atoms with Crippen molar-refractivity contribution < 1.29 is 9.59 Å². The van der Waals surface area contributed by atoms with Gasteiger partial charge in [0.1, 0.15) is 11.8 Å². The van der Waals surface area contributed by atoms with Crippen molar-refractivity contribution >= 4 is 23.0 Å². The number of aryl methyl sites for hydroxylation is 1. The molecule has 1 aromatic carbocycles. The molecule has 3 aromatic rings. The van der Waals surface area contributed by atoms with Crippen molar-refractivity contribution in [3.05, 3.63) is 54.2 Å². The minimum absolute atomic E-state index is 0.219. The van der Waals surface area contributed by atoms with Crippen molar-refractivity contribution in [2.24, 2.45) is 0 Å². The smallest absolute Gasteiger partial charge is 0.261 e. The molecule has 1 aliphatic rings. The van der Waals surface area contributed by atoms with E-state index in [1.54, 1.807) is 36.8 Å². The maximum absolute atomic E-state index is 12.3. The van der Waals surface area contributed by atoms with Crippen LogP contribution >= 0.6 is 0 Å². The van der Waals surface area contributed by atoms with Crippen molar-refractivity contribution in [3.63, 3.8) is 0 Å². The van der Waals surface area contributed by atoms with E-state index in [4.69, 9.17) is 0 Å². The van der Waals surface area contributed by atoms with Gasteiger partial charge in [-0.3, -0.25) is 14.5 Å². The second-order valence-corrected chi connectivity index (χ2v) is 5.33. The fraction of sp³-hybridized carbons (Fsp3) is 0.188. The Kier molecular flexibility index (Phi) is 3.11. The zero-order chi connectivity index (χ0) is 15.8. The van der Waals surface area contributed by atoms with Crippen molar-refractivity contribution in [2.75, 3.05) is 6.54 Å². The van der Waals surface area contributed by atoms with Crippen LogP contribution in [0.15, 0.2) is 43.1 Å². The van der Waals surface area contributed by atoms with Crippen LogP contribution in [-0.4, -0.2) is 42.8 Å². The number of hydrogen-bond donors (Lipinski definition) is 0. The van der Waals surface area contributed by atoms with Crippen LogP contribution < -0.4 is 0 Å². The number of imide groups is 1. The van der Waals surface area contributed by atoms with E-state index in [9.17, 15) is 9.59 Å². The van der Waals surface area contributed by atoms with E-state index in [0.29, 0.717) is 30.6 Å². The van der Waals surface area contributed by atoms with Gasteiger partial charge in [0.25, 0.3) is 11.8 Å². The van der Waals surface area contributed by atoms with Crippen molar-refractivity contribution in [3.8, 4) is 0 Å². The predicted octanol–water partition coefficient (Wildman–Crippen LogP) is 1.51. The highest BCUT2D eigenvalue weighted by atomic mass is 16.2. The Labute approximate surface area is 131 Å². The van der Waals surface area contributed by atoms with Crippen LogP contribution in [0.3, 0.4) is 0 Å². The average molecular weight is 307 g/mol. The Morgan fingerprint density at radius 2 is 1.70 bits per heavy atom. The molecule has 0 aliphatic carbocycles. The fourth-order valence-corrected chi connectivity index (χ4v) is 2.82. The summed E-state index contributed by atoms with van der Waals surface area (Å²) in [4.78, 5) is 38.2. The molecule has 114 valence electrons. The Morgan fingerprint density at radius 3 is 2.43 bits per heavy atom. The number of benzene rings is 1. The molecule has 23 heavy (non-hydrogen) atoms. The van der Waals surface area contributed by atoms with Crippen LogP contribution in [0.2, 0.25) is 0 Å². The summed E-state index contributed by atoms with van der Waals surface area (Å²) in [7, 11) is 0. The zero-order valence-electron chi connectivity index (χ0n) is 12.2. The summed E-state index contributed by atoms with van der Waals surface area (Å²) in [5.74, 6) is -0.438. The summed E-state index contributed by atoms with van der Waals surface area (Å²) in [6.45, 7) is 0.998. The first-order chi connectivity index (χ1) is 11.3. The van der Waals surface area contributed by atoms with E-state index in [-0.39, 0.29) is 11.8 Å². The monoisotopic (exact) mass is 307 g/mol. The SMILES string of the molecule is O=C1c2ccccc2C(=O)N1CCCn1cnc2cncnc21. The fourth-order valence-electron chi connectivity index (χ4n) is 2.82. The van der Waals surface area contributed by atoms with Crippen LogP contribution in [0.5, 0.6) is 0 Å². The van der Waals surface area contributed by atoms with Crippen LogP contribution in [0.1, 0.15) is 27.1 Å². The first-order valence-electron chi connectivity index (χ1n) is 7.32. The van der Waals surface area contributed by atoms with Crippen molar-refractivity contribution in [1.82, 2.24) is 24.4 Å². The topological polar surface area (TPSA) is 81.0 Å². The molecule has 0 saturated carbocycles. The lowest BCUT2D eigenvalue weighted by Gasteiger charge is -2.13. The second kappa shape index (κ2) is 5.28. The molecular formula is C16H13N5O2. The maximum atomic E-state index is 12.3. The Hall–Kier alpha value is -3.09. The first-order valence-corrected chi connectivity index (χ1v) is 7.32. The minimum atomic E-state index is -0.219. The summed E-state index contributed by atoms with van der Waals surface area (Å²) >= 11 is 0. The van der Waals surface area contributed by atoms with E-state index in [0.717, 1.165) is 11.2 Å². The van der Waals surface area contributed by atoms with E-state index in [1.807, 2.05) is 4.57 Å². The molecule has 0 atom stereocenters. The molecule has 7 heteroatoms. The van der Waals surface area contributed by atoms with Gasteiger partial charge < -0.3 is 4.57 Å². The maximum Gasteiger partial charge on any atom is 0.261 e. The molecule has 4 rings (SSSR count). The number of aromatic nitrogens is 4. The molecular weight excluding hydrogens is 294 g/mol. The normalized spacial score (nSPS) is 13.8. The molecule has 0 N–H and O–H groups in total. The Bertz CT molecular complexity index is 882. The lowest BCUT2D eigenvalue weighted by molar-refractivity contribution is 0.0651. The number of imidazole rings is 1. The minimum Gasteiger partial charge on any atom is -0.315 e. The summed E-state index contributed by atoms with van der Waals surface area (Å²) in [6.07, 6.45) is 5.47. The Balaban J connectivity index is 1.46. The second-order valence-electron chi connectivity index (χ2n) is 5.33.